The van der Waals surface area contributed by atoms with Crippen molar-refractivity contribution < 1.29 is 9.84 Å². The summed E-state index contributed by atoms with van der Waals surface area (Å²) in [7, 11) is 1.00. The lowest BCUT2D eigenvalue weighted by atomic mass is 9.94. The molecule has 3 aliphatic rings. The molecule has 2 bridgehead atoms. The molecule has 0 saturated carbocycles. The number of ether oxygens (including phenoxy) is 1. The summed E-state index contributed by atoms with van der Waals surface area (Å²) >= 11 is 0. The molecule has 1 aromatic heterocycles. The molecule has 10 heteroatoms. The van der Waals surface area contributed by atoms with Gasteiger partial charge in [-0.15, -0.1) is 0 Å². The second-order valence-corrected chi connectivity index (χ2v) is 8.41. The second-order valence-electron chi connectivity index (χ2n) is 8.41. The number of aromatic nitrogens is 2. The van der Waals surface area contributed by atoms with Crippen LogP contribution in [0.2, 0.25) is 0 Å². The summed E-state index contributed by atoms with van der Waals surface area (Å²) in [4.78, 5) is 17.9. The lowest BCUT2D eigenvalue weighted by Gasteiger charge is -2.21. The highest BCUT2D eigenvalue weighted by atomic mass is 16.5. The predicted octanol–water partition coefficient (Wildman–Crippen LogP) is 2.74. The van der Waals surface area contributed by atoms with Crippen molar-refractivity contribution in [2.75, 3.05) is 30.8 Å². The van der Waals surface area contributed by atoms with Gasteiger partial charge in [0.1, 0.15) is 30.4 Å². The van der Waals surface area contributed by atoms with Crippen molar-refractivity contribution in [3.8, 4) is 0 Å². The molecule has 4 atom stereocenters. The van der Waals surface area contributed by atoms with E-state index in [1.54, 1.807) is 18.9 Å². The van der Waals surface area contributed by atoms with Crippen molar-refractivity contribution in [2.24, 2.45) is 9.98 Å². The van der Waals surface area contributed by atoms with Crippen molar-refractivity contribution >= 4 is 24.2 Å². The average molecular weight is 471 g/mol. The Balaban J connectivity index is 0.00000158. The first-order chi connectivity index (χ1) is 16.7. The number of aliphatic hydroxyl groups is 1. The molecular weight excluding hydrogens is 432 g/mol. The highest BCUT2D eigenvalue weighted by Crippen LogP contribution is 2.37. The Morgan fingerprint density at radius 3 is 2.79 bits per heavy atom. The van der Waals surface area contributed by atoms with Gasteiger partial charge in [-0.05, 0) is 45.4 Å². The van der Waals surface area contributed by atoms with Gasteiger partial charge in [-0.2, -0.15) is 0 Å². The average Bonchev–Trinajstić information content (AvgIpc) is 3.32. The largest absolute Gasteiger partial charge is 0.400 e. The molecule has 4 heterocycles. The molecule has 0 amide bonds. The molecule has 0 aliphatic carbocycles. The zero-order chi connectivity index (χ0) is 24.3. The van der Waals surface area contributed by atoms with Crippen molar-refractivity contribution in [2.45, 2.75) is 70.9 Å². The van der Waals surface area contributed by atoms with Crippen LogP contribution in [0.3, 0.4) is 0 Å². The number of hydrogen-bond acceptors (Lipinski definition) is 10. The molecule has 3 aliphatic heterocycles. The van der Waals surface area contributed by atoms with Crippen molar-refractivity contribution in [3.05, 3.63) is 35.4 Å². The van der Waals surface area contributed by atoms with Crippen LogP contribution < -0.4 is 21.3 Å². The lowest BCUT2D eigenvalue weighted by Crippen LogP contribution is -2.35. The third-order valence-corrected chi connectivity index (χ3v) is 6.10. The van der Waals surface area contributed by atoms with Crippen molar-refractivity contribution in [1.29, 1.82) is 0 Å². The molecule has 2 unspecified atom stereocenters. The summed E-state index contributed by atoms with van der Waals surface area (Å²) in [5.41, 5.74) is 3.08. The smallest absolute Gasteiger partial charge is 0.146 e. The number of nitrogens with zero attached hydrogens (tertiary/aromatic N) is 4. The van der Waals surface area contributed by atoms with Crippen LogP contribution in [-0.4, -0.2) is 66.3 Å². The van der Waals surface area contributed by atoms with Gasteiger partial charge in [0, 0.05) is 37.7 Å². The number of fused-ring (bicyclic) bond motifs is 3. The number of aliphatic imine (C=N–C) groups is 2. The van der Waals surface area contributed by atoms with E-state index in [1.165, 1.54) is 0 Å². The quantitative estimate of drug-likeness (QED) is 0.304. The van der Waals surface area contributed by atoms with Crippen LogP contribution in [0, 0.1) is 0 Å². The summed E-state index contributed by atoms with van der Waals surface area (Å²) < 4.78 is 6.10. The van der Waals surface area contributed by atoms with Crippen LogP contribution in [0.4, 0.5) is 11.6 Å². The normalized spacial score (nSPS) is 26.1. The second kappa shape index (κ2) is 13.2. The summed E-state index contributed by atoms with van der Waals surface area (Å²) in [6.07, 6.45) is 13.9. The van der Waals surface area contributed by atoms with Crippen LogP contribution in [-0.2, 0) is 4.74 Å². The van der Waals surface area contributed by atoms with E-state index in [9.17, 15) is 0 Å². The van der Waals surface area contributed by atoms with Gasteiger partial charge in [0.25, 0.3) is 0 Å². The standard InChI is InChI=1S/C23H34N8O.CH4O/c1-4-24-20-16(3)27-13-30-23(20)26-12-6-5-11-25-21-19-15(2)7-8-17-9-10-18(32-17)31-22(19)29-14-28-21;1-2/h4-6,13-15,17-18,23,26H,7-12H2,1-3H3,(H,27,30)(H2,25,28,29,31);2H,1H3/b6-5+,24-4?;/t15?,17-,18-,23?;/m1./s1. The van der Waals surface area contributed by atoms with Gasteiger partial charge >= 0.3 is 0 Å². The maximum atomic E-state index is 7.00. The van der Waals surface area contributed by atoms with Gasteiger partial charge < -0.3 is 25.8 Å². The number of anilines is 2. The summed E-state index contributed by atoms with van der Waals surface area (Å²) in [6.45, 7) is 7.54. The molecule has 5 N–H and O–H groups in total. The van der Waals surface area contributed by atoms with Gasteiger partial charge in [-0.1, -0.05) is 19.1 Å². The minimum atomic E-state index is -0.139. The SMILES string of the molecule is CC=NC1=C(C)NC=NC1NC/C=C/CNc1ncnc2c1C(C)CC[C@@H]1CC[C@H](N2)O1.CO. The Morgan fingerprint density at radius 1 is 1.18 bits per heavy atom. The van der Waals surface area contributed by atoms with Crippen molar-refractivity contribution in [1.82, 2.24) is 20.6 Å². The number of hydrogen-bond donors (Lipinski definition) is 5. The first kappa shape index (κ1) is 25.8. The zero-order valence-corrected chi connectivity index (χ0v) is 20.6. The minimum absolute atomic E-state index is 0.0510. The van der Waals surface area contributed by atoms with Crippen LogP contribution >= 0.6 is 0 Å². The zero-order valence-electron chi connectivity index (χ0n) is 20.6. The molecule has 34 heavy (non-hydrogen) atoms. The van der Waals surface area contributed by atoms with E-state index in [0.717, 1.165) is 61.4 Å². The van der Waals surface area contributed by atoms with Gasteiger partial charge in [-0.3, -0.25) is 15.3 Å². The van der Waals surface area contributed by atoms with E-state index in [4.69, 9.17) is 9.84 Å². The van der Waals surface area contributed by atoms with E-state index in [0.29, 0.717) is 25.1 Å². The minimum Gasteiger partial charge on any atom is -0.400 e. The summed E-state index contributed by atoms with van der Waals surface area (Å²) in [5.74, 6) is 2.15. The van der Waals surface area contributed by atoms with E-state index in [2.05, 4.69) is 60.3 Å². The molecule has 0 radical (unpaired) electrons. The highest BCUT2D eigenvalue weighted by Gasteiger charge is 2.30. The molecule has 1 fully saturated rings. The fourth-order valence-electron chi connectivity index (χ4n) is 4.39. The van der Waals surface area contributed by atoms with E-state index in [-0.39, 0.29) is 12.4 Å². The van der Waals surface area contributed by atoms with Gasteiger partial charge in [0.2, 0.25) is 0 Å². The molecule has 0 aromatic carbocycles. The number of nitrogens with one attached hydrogen (secondary N) is 4. The fourth-order valence-corrected chi connectivity index (χ4v) is 4.39. The molecular formula is C24H38N8O2. The van der Waals surface area contributed by atoms with Crippen LogP contribution in [0.5, 0.6) is 0 Å². The number of allylic oxidation sites excluding steroid dienone is 1. The molecule has 10 nitrogen and oxygen atoms in total. The Labute approximate surface area is 202 Å². The molecule has 4 rings (SSSR count). The Morgan fingerprint density at radius 2 is 1.97 bits per heavy atom. The summed E-state index contributed by atoms with van der Waals surface area (Å²) in [5, 5.41) is 20.5. The first-order valence-electron chi connectivity index (χ1n) is 12.0. The topological polar surface area (TPSA) is 128 Å². The Hall–Kier alpha value is -2.82. The van der Waals surface area contributed by atoms with Crippen LogP contribution in [0.1, 0.15) is 57.9 Å². The molecule has 1 saturated heterocycles. The molecule has 186 valence electrons. The molecule has 0 spiro atoms. The van der Waals surface area contributed by atoms with Gasteiger partial charge in [-0.25, -0.2) is 9.97 Å². The van der Waals surface area contributed by atoms with Gasteiger partial charge in [0.05, 0.1) is 18.1 Å². The van der Waals surface area contributed by atoms with Crippen LogP contribution in [0.15, 0.2) is 39.9 Å². The maximum Gasteiger partial charge on any atom is 0.146 e. The van der Waals surface area contributed by atoms with E-state index in [1.807, 2.05) is 13.8 Å². The monoisotopic (exact) mass is 470 g/mol. The number of rotatable bonds is 7. The lowest BCUT2D eigenvalue weighted by molar-refractivity contribution is 0.0547. The maximum absolute atomic E-state index is 7.00. The van der Waals surface area contributed by atoms with E-state index < -0.39 is 0 Å². The third-order valence-electron chi connectivity index (χ3n) is 6.10. The first-order valence-corrected chi connectivity index (χ1v) is 12.0. The highest BCUT2D eigenvalue weighted by molar-refractivity contribution is 5.63. The fraction of sp³-hybridized carbons (Fsp3) is 0.583. The Bertz CT molecular complexity index is 914. The predicted molar refractivity (Wildman–Crippen MR) is 137 cm³/mol. The third kappa shape index (κ3) is 6.62. The van der Waals surface area contributed by atoms with Crippen molar-refractivity contribution in [3.63, 3.8) is 0 Å². The molecule has 1 aromatic rings. The van der Waals surface area contributed by atoms with Gasteiger partial charge in [0.15, 0.2) is 0 Å². The Kier molecular flexibility index (Phi) is 9.99. The number of aliphatic hydroxyl groups excluding tert-OH is 1. The summed E-state index contributed by atoms with van der Waals surface area (Å²) in [6, 6.07) is 0. The van der Waals surface area contributed by atoms with Crippen LogP contribution in [0.25, 0.3) is 0 Å². The van der Waals surface area contributed by atoms with E-state index >= 15 is 0 Å².